The minimum Gasteiger partial charge on any atom is -0.497 e. The number of allylic oxidation sites excluding steroid dienone is 1. The number of rotatable bonds is 10. The number of methoxy groups -OCH3 is 2. The van der Waals surface area contributed by atoms with E-state index in [1.165, 1.54) is 4.90 Å². The number of carbonyl (C=O) groups excluding carboxylic acids is 2. The Labute approximate surface area is 251 Å². The number of halogens is 1. The van der Waals surface area contributed by atoms with Crippen molar-refractivity contribution in [3.05, 3.63) is 94.6 Å². The summed E-state index contributed by atoms with van der Waals surface area (Å²) in [5.41, 5.74) is 2.60. The highest BCUT2D eigenvalue weighted by Crippen LogP contribution is 2.35. The molecule has 0 radical (unpaired) electrons. The predicted molar refractivity (Wildman–Crippen MR) is 168 cm³/mol. The zero-order valence-electron chi connectivity index (χ0n) is 24.7. The number of benzene rings is 3. The highest BCUT2D eigenvalue weighted by molar-refractivity contribution is 9.10. The maximum Gasteiger partial charge on any atom is 0.418 e. The Morgan fingerprint density at radius 3 is 1.95 bits per heavy atom. The Morgan fingerprint density at radius 2 is 1.44 bits per heavy atom. The lowest BCUT2D eigenvalue weighted by atomic mass is 9.80. The van der Waals surface area contributed by atoms with E-state index in [1.54, 1.807) is 32.6 Å². The molecule has 0 fully saturated rings. The van der Waals surface area contributed by atoms with Gasteiger partial charge in [-0.2, -0.15) is 0 Å². The molecule has 0 aliphatic rings. The first-order valence-corrected chi connectivity index (χ1v) is 14.2. The average molecular weight is 624 g/mol. The van der Waals surface area contributed by atoms with Crippen LogP contribution in [0.4, 0.5) is 16.2 Å². The maximum absolute atomic E-state index is 13.3. The van der Waals surface area contributed by atoms with Gasteiger partial charge in [0.2, 0.25) is 5.91 Å². The zero-order valence-corrected chi connectivity index (χ0v) is 26.3. The molecule has 0 unspecified atom stereocenters. The van der Waals surface area contributed by atoms with Gasteiger partial charge in [0.05, 0.1) is 19.9 Å². The molecular formula is C33H39BrN2O5. The molecule has 1 N–H and O–H groups in total. The highest BCUT2D eigenvalue weighted by atomic mass is 79.9. The molecule has 0 bridgehead atoms. The fourth-order valence-electron chi connectivity index (χ4n) is 4.30. The number of hydrogen-bond acceptors (Lipinski definition) is 5. The lowest BCUT2D eigenvalue weighted by Gasteiger charge is -2.29. The van der Waals surface area contributed by atoms with Crippen molar-refractivity contribution in [2.24, 2.45) is 5.92 Å². The first-order chi connectivity index (χ1) is 19.4. The van der Waals surface area contributed by atoms with E-state index in [4.69, 9.17) is 14.2 Å². The minimum atomic E-state index is -0.672. The highest BCUT2D eigenvalue weighted by Gasteiger charge is 2.27. The standard InChI is InChI=1S/C33H39BrN2O5/c1-22(21-36(32(38)41-33(3,4)5)27-14-18-29(40-7)19-15-27)23(2)30(24-8-10-25(34)11-9-24)20-31(37)35-26-12-16-28(39-6)17-13-26/h8-19,21,23,30H,20H2,1-7H3,(H,35,37)/b22-21-/t23-,30-/m1/s1. The summed E-state index contributed by atoms with van der Waals surface area (Å²) in [6, 6.07) is 22.4. The number of hydrogen-bond donors (Lipinski definition) is 1. The maximum atomic E-state index is 13.3. The van der Waals surface area contributed by atoms with Crippen LogP contribution in [0.5, 0.6) is 11.5 Å². The number of anilines is 2. The van der Waals surface area contributed by atoms with E-state index in [9.17, 15) is 9.59 Å². The third-order valence-electron chi connectivity index (χ3n) is 6.67. The second-order valence-corrected chi connectivity index (χ2v) is 11.8. The Kier molecular flexibility index (Phi) is 11.0. The molecule has 0 aromatic heterocycles. The largest absolute Gasteiger partial charge is 0.497 e. The number of amides is 2. The molecule has 2 amide bonds. The molecule has 0 spiro atoms. The molecule has 8 heteroatoms. The van der Waals surface area contributed by atoms with E-state index < -0.39 is 11.7 Å². The van der Waals surface area contributed by atoms with Gasteiger partial charge in [0, 0.05) is 22.8 Å². The van der Waals surface area contributed by atoms with Crippen molar-refractivity contribution in [1.29, 1.82) is 0 Å². The molecule has 3 aromatic rings. The van der Waals surface area contributed by atoms with E-state index >= 15 is 0 Å². The van der Waals surface area contributed by atoms with Crippen LogP contribution in [0.2, 0.25) is 0 Å². The van der Waals surface area contributed by atoms with Crippen molar-refractivity contribution in [3.8, 4) is 11.5 Å². The molecule has 3 aromatic carbocycles. The summed E-state index contributed by atoms with van der Waals surface area (Å²) in [5, 5.41) is 3.00. The van der Waals surface area contributed by atoms with Crippen molar-refractivity contribution < 1.29 is 23.8 Å². The van der Waals surface area contributed by atoms with Gasteiger partial charge < -0.3 is 19.5 Å². The van der Waals surface area contributed by atoms with Gasteiger partial charge in [-0.3, -0.25) is 9.69 Å². The van der Waals surface area contributed by atoms with Gasteiger partial charge in [-0.15, -0.1) is 0 Å². The van der Waals surface area contributed by atoms with Gasteiger partial charge >= 0.3 is 6.09 Å². The summed E-state index contributed by atoms with van der Waals surface area (Å²) in [6.07, 6.45) is 1.55. The Balaban J connectivity index is 1.93. The van der Waals surface area contributed by atoms with Crippen LogP contribution >= 0.6 is 15.9 Å². The van der Waals surface area contributed by atoms with E-state index in [0.717, 1.165) is 21.4 Å². The third kappa shape index (κ3) is 9.39. The molecule has 218 valence electrons. The smallest absolute Gasteiger partial charge is 0.418 e. The molecule has 0 saturated heterocycles. The van der Waals surface area contributed by atoms with Gasteiger partial charge in [0.15, 0.2) is 0 Å². The van der Waals surface area contributed by atoms with Crippen LogP contribution in [0.3, 0.4) is 0 Å². The molecule has 41 heavy (non-hydrogen) atoms. The average Bonchev–Trinajstić information content (AvgIpc) is 2.94. The fraction of sp³-hybridized carbons (Fsp3) is 0.333. The molecule has 3 rings (SSSR count). The van der Waals surface area contributed by atoms with Crippen molar-refractivity contribution in [2.75, 3.05) is 24.4 Å². The fourth-order valence-corrected chi connectivity index (χ4v) is 4.57. The molecule has 7 nitrogen and oxygen atoms in total. The summed E-state index contributed by atoms with van der Waals surface area (Å²) in [4.78, 5) is 28.1. The minimum absolute atomic E-state index is 0.0963. The molecule has 0 saturated carbocycles. The summed E-state index contributed by atoms with van der Waals surface area (Å²) < 4.78 is 17.2. The lowest BCUT2D eigenvalue weighted by Crippen LogP contribution is -2.34. The normalized spacial score (nSPS) is 13.1. The lowest BCUT2D eigenvalue weighted by molar-refractivity contribution is -0.116. The van der Waals surface area contributed by atoms with Gasteiger partial charge in [0.1, 0.15) is 17.1 Å². The Hall–Kier alpha value is -3.78. The second kappa shape index (κ2) is 14.2. The SMILES string of the molecule is COc1ccc(NC(=O)C[C@@H](c2ccc(Br)cc2)[C@H](C)/C(C)=C\N(C(=O)OC(C)(C)C)c2ccc(OC)cc2)cc1. The summed E-state index contributed by atoms with van der Waals surface area (Å²) in [7, 11) is 3.20. The molecular weight excluding hydrogens is 584 g/mol. The topological polar surface area (TPSA) is 77.1 Å². The second-order valence-electron chi connectivity index (χ2n) is 10.8. The van der Waals surface area contributed by atoms with Crippen molar-refractivity contribution in [2.45, 2.75) is 52.6 Å². The number of carbonyl (C=O) groups is 2. The summed E-state index contributed by atoms with van der Waals surface area (Å²) in [5.74, 6) is 1.04. The molecule has 0 aliphatic carbocycles. The molecule has 0 heterocycles. The van der Waals surface area contributed by atoms with Crippen LogP contribution in [0.15, 0.2) is 89.0 Å². The Bertz CT molecular complexity index is 1330. The molecule has 2 atom stereocenters. The van der Waals surface area contributed by atoms with Crippen LogP contribution in [-0.4, -0.2) is 31.8 Å². The van der Waals surface area contributed by atoms with Gasteiger partial charge in [-0.25, -0.2) is 4.79 Å². The number of ether oxygens (including phenoxy) is 3. The van der Waals surface area contributed by atoms with Crippen molar-refractivity contribution >= 4 is 39.3 Å². The first-order valence-electron chi connectivity index (χ1n) is 13.4. The predicted octanol–water partition coefficient (Wildman–Crippen LogP) is 8.56. The summed E-state index contributed by atoms with van der Waals surface area (Å²) >= 11 is 3.51. The van der Waals surface area contributed by atoms with Crippen LogP contribution in [0.25, 0.3) is 0 Å². The number of nitrogens with zero attached hydrogens (tertiary/aromatic N) is 1. The first kappa shape index (κ1) is 31.7. The van der Waals surface area contributed by atoms with Gasteiger partial charge in [-0.1, -0.05) is 40.6 Å². The van der Waals surface area contributed by atoms with Crippen molar-refractivity contribution in [1.82, 2.24) is 0 Å². The zero-order chi connectivity index (χ0) is 30.2. The Morgan fingerprint density at radius 1 is 0.902 bits per heavy atom. The van der Waals surface area contributed by atoms with Crippen LogP contribution in [0, 0.1) is 5.92 Å². The quantitative estimate of drug-likeness (QED) is 0.245. The van der Waals surface area contributed by atoms with Crippen LogP contribution in [-0.2, 0) is 9.53 Å². The third-order valence-corrected chi connectivity index (χ3v) is 7.20. The molecule has 0 aliphatic heterocycles. The number of nitrogens with one attached hydrogen (secondary N) is 1. The van der Waals surface area contributed by atoms with Crippen LogP contribution < -0.4 is 19.7 Å². The van der Waals surface area contributed by atoms with Crippen molar-refractivity contribution in [3.63, 3.8) is 0 Å². The van der Waals surface area contributed by atoms with E-state index in [1.807, 2.05) is 88.4 Å². The van der Waals surface area contributed by atoms with E-state index in [2.05, 4.69) is 28.2 Å². The van der Waals surface area contributed by atoms with Gasteiger partial charge in [-0.05, 0) is 106 Å². The van der Waals surface area contributed by atoms with E-state index in [0.29, 0.717) is 17.1 Å². The van der Waals surface area contributed by atoms with E-state index in [-0.39, 0.29) is 24.2 Å². The summed E-state index contributed by atoms with van der Waals surface area (Å²) in [6.45, 7) is 9.54. The monoisotopic (exact) mass is 622 g/mol. The van der Waals surface area contributed by atoms with Crippen LogP contribution in [0.1, 0.15) is 52.5 Å². The van der Waals surface area contributed by atoms with Gasteiger partial charge in [0.25, 0.3) is 0 Å².